The van der Waals surface area contributed by atoms with Crippen molar-refractivity contribution >= 4 is 28.5 Å². The molecule has 136 valence electrons. The first-order chi connectivity index (χ1) is 12.5. The Balaban J connectivity index is 1.64. The topological polar surface area (TPSA) is 54.5 Å². The number of furan rings is 1. The standard InChI is InChI=1S/C19H21ClN4O2/c1-22(2)9-13-10-23(12-16-5-6-21-24(16)11-13)19(25)18-8-14-7-15(20)3-4-17(14)26-18/h3-8,13H,9-12H2,1-2H3. The van der Waals surface area contributed by atoms with Crippen molar-refractivity contribution in [1.82, 2.24) is 19.6 Å². The minimum atomic E-state index is -0.101. The second kappa shape index (κ2) is 6.78. The minimum absolute atomic E-state index is 0.101. The lowest BCUT2D eigenvalue weighted by molar-refractivity contribution is 0.0682. The quantitative estimate of drug-likeness (QED) is 0.708. The van der Waals surface area contributed by atoms with Crippen molar-refractivity contribution in [1.29, 1.82) is 0 Å². The highest BCUT2D eigenvalue weighted by atomic mass is 35.5. The van der Waals surface area contributed by atoms with Crippen LogP contribution in [0.2, 0.25) is 5.02 Å². The SMILES string of the molecule is CN(C)CC1CN(C(=O)c2cc3cc(Cl)ccc3o2)Cc2ccnn2C1. The predicted octanol–water partition coefficient (Wildman–Crippen LogP) is 3.12. The van der Waals surface area contributed by atoms with E-state index in [1.165, 1.54) is 0 Å². The van der Waals surface area contributed by atoms with E-state index in [-0.39, 0.29) is 5.91 Å². The van der Waals surface area contributed by atoms with Crippen molar-refractivity contribution in [2.75, 3.05) is 27.2 Å². The van der Waals surface area contributed by atoms with Gasteiger partial charge >= 0.3 is 0 Å². The Bertz CT molecular complexity index is 946. The third-order valence-electron chi connectivity index (χ3n) is 4.67. The number of nitrogens with zero attached hydrogens (tertiary/aromatic N) is 4. The molecule has 0 bridgehead atoms. The van der Waals surface area contributed by atoms with E-state index in [0.717, 1.165) is 24.2 Å². The van der Waals surface area contributed by atoms with E-state index in [1.807, 2.05) is 35.8 Å². The van der Waals surface area contributed by atoms with Crippen LogP contribution in [0.4, 0.5) is 0 Å². The molecular weight excluding hydrogens is 352 g/mol. The summed E-state index contributed by atoms with van der Waals surface area (Å²) in [7, 11) is 4.09. The van der Waals surface area contributed by atoms with Gasteiger partial charge in [0.2, 0.25) is 0 Å². The van der Waals surface area contributed by atoms with Crippen LogP contribution in [0.25, 0.3) is 11.0 Å². The number of carbonyl (C=O) groups excluding carboxylic acids is 1. The molecule has 0 aliphatic carbocycles. The predicted molar refractivity (Wildman–Crippen MR) is 100 cm³/mol. The fourth-order valence-corrected chi connectivity index (χ4v) is 3.78. The second-order valence-corrected chi connectivity index (χ2v) is 7.55. The van der Waals surface area contributed by atoms with Gasteiger partial charge in [0, 0.05) is 42.2 Å². The second-order valence-electron chi connectivity index (χ2n) is 7.11. The molecule has 3 aromatic rings. The molecular formula is C19H21ClN4O2. The molecule has 1 aromatic carbocycles. The zero-order chi connectivity index (χ0) is 18.3. The molecule has 7 heteroatoms. The first-order valence-electron chi connectivity index (χ1n) is 8.63. The summed E-state index contributed by atoms with van der Waals surface area (Å²) in [6.45, 7) is 2.89. The van der Waals surface area contributed by atoms with Crippen LogP contribution in [0.15, 0.2) is 40.9 Å². The van der Waals surface area contributed by atoms with Gasteiger partial charge in [0.25, 0.3) is 5.91 Å². The molecule has 1 atom stereocenters. The van der Waals surface area contributed by atoms with Gasteiger partial charge in [-0.2, -0.15) is 5.10 Å². The maximum Gasteiger partial charge on any atom is 0.289 e. The van der Waals surface area contributed by atoms with Gasteiger partial charge in [0.15, 0.2) is 5.76 Å². The molecule has 0 saturated heterocycles. The molecule has 1 aliphatic rings. The lowest BCUT2D eigenvalue weighted by Crippen LogP contribution is -2.37. The molecule has 26 heavy (non-hydrogen) atoms. The Hall–Kier alpha value is -2.31. The van der Waals surface area contributed by atoms with Gasteiger partial charge in [0.05, 0.1) is 12.2 Å². The molecule has 1 unspecified atom stereocenters. The summed E-state index contributed by atoms with van der Waals surface area (Å²) < 4.78 is 7.78. The van der Waals surface area contributed by atoms with Crippen molar-refractivity contribution in [3.8, 4) is 0 Å². The highest BCUT2D eigenvalue weighted by Gasteiger charge is 2.28. The Labute approximate surface area is 156 Å². The first kappa shape index (κ1) is 17.1. The molecule has 3 heterocycles. The smallest absolute Gasteiger partial charge is 0.289 e. The minimum Gasteiger partial charge on any atom is -0.451 e. The van der Waals surface area contributed by atoms with Crippen LogP contribution in [-0.4, -0.2) is 52.7 Å². The molecule has 0 saturated carbocycles. The molecule has 6 nitrogen and oxygen atoms in total. The number of carbonyl (C=O) groups is 1. The Kier molecular flexibility index (Phi) is 4.46. The van der Waals surface area contributed by atoms with E-state index < -0.39 is 0 Å². The van der Waals surface area contributed by atoms with Crippen LogP contribution in [0.1, 0.15) is 16.2 Å². The van der Waals surface area contributed by atoms with Gasteiger partial charge in [-0.3, -0.25) is 9.48 Å². The van der Waals surface area contributed by atoms with E-state index in [1.54, 1.807) is 24.4 Å². The molecule has 1 aliphatic heterocycles. The average Bonchev–Trinajstić information content (AvgIpc) is 3.15. The normalized spacial score (nSPS) is 17.5. The Morgan fingerprint density at radius 1 is 1.31 bits per heavy atom. The van der Waals surface area contributed by atoms with E-state index in [9.17, 15) is 4.79 Å². The highest BCUT2D eigenvalue weighted by molar-refractivity contribution is 6.31. The monoisotopic (exact) mass is 372 g/mol. The fourth-order valence-electron chi connectivity index (χ4n) is 3.59. The maximum absolute atomic E-state index is 13.1. The Morgan fingerprint density at radius 3 is 2.96 bits per heavy atom. The summed E-state index contributed by atoms with van der Waals surface area (Å²) in [4.78, 5) is 17.1. The van der Waals surface area contributed by atoms with Crippen LogP contribution < -0.4 is 0 Å². The van der Waals surface area contributed by atoms with Gasteiger partial charge in [0.1, 0.15) is 5.58 Å². The van der Waals surface area contributed by atoms with E-state index >= 15 is 0 Å². The van der Waals surface area contributed by atoms with Crippen LogP contribution >= 0.6 is 11.6 Å². The number of benzene rings is 1. The fraction of sp³-hybridized carbons (Fsp3) is 0.368. The van der Waals surface area contributed by atoms with Gasteiger partial charge in [-0.05, 0) is 44.4 Å². The lowest BCUT2D eigenvalue weighted by Gasteiger charge is -2.25. The molecule has 0 radical (unpaired) electrons. The van der Waals surface area contributed by atoms with Crippen molar-refractivity contribution in [3.63, 3.8) is 0 Å². The Morgan fingerprint density at radius 2 is 2.15 bits per heavy atom. The number of fused-ring (bicyclic) bond motifs is 2. The summed E-state index contributed by atoms with van der Waals surface area (Å²) >= 11 is 6.04. The van der Waals surface area contributed by atoms with Crippen molar-refractivity contribution in [3.05, 3.63) is 53.0 Å². The van der Waals surface area contributed by atoms with Gasteiger partial charge < -0.3 is 14.2 Å². The van der Waals surface area contributed by atoms with Crippen molar-refractivity contribution in [2.45, 2.75) is 13.1 Å². The number of hydrogen-bond donors (Lipinski definition) is 0. The zero-order valence-electron chi connectivity index (χ0n) is 14.9. The lowest BCUT2D eigenvalue weighted by atomic mass is 10.1. The van der Waals surface area contributed by atoms with Crippen molar-refractivity contribution < 1.29 is 9.21 Å². The van der Waals surface area contributed by atoms with E-state index in [0.29, 0.717) is 35.4 Å². The van der Waals surface area contributed by atoms with Crippen molar-refractivity contribution in [2.24, 2.45) is 5.92 Å². The van der Waals surface area contributed by atoms with Crippen LogP contribution in [0.5, 0.6) is 0 Å². The maximum atomic E-state index is 13.1. The number of halogens is 1. The van der Waals surface area contributed by atoms with Crippen LogP contribution in [-0.2, 0) is 13.1 Å². The molecule has 0 spiro atoms. The summed E-state index contributed by atoms with van der Waals surface area (Å²) in [5, 5.41) is 5.87. The molecule has 0 N–H and O–H groups in total. The van der Waals surface area contributed by atoms with Gasteiger partial charge in [-0.15, -0.1) is 0 Å². The summed E-state index contributed by atoms with van der Waals surface area (Å²) in [5.74, 6) is 0.545. The number of hydrogen-bond acceptors (Lipinski definition) is 4. The summed E-state index contributed by atoms with van der Waals surface area (Å²) in [6.07, 6.45) is 1.79. The highest BCUT2D eigenvalue weighted by Crippen LogP contribution is 2.25. The average molecular weight is 373 g/mol. The molecule has 2 aromatic heterocycles. The van der Waals surface area contributed by atoms with Gasteiger partial charge in [-0.25, -0.2) is 0 Å². The number of aromatic nitrogens is 2. The molecule has 1 amide bonds. The zero-order valence-corrected chi connectivity index (χ0v) is 15.6. The molecule has 4 rings (SSSR count). The number of rotatable bonds is 3. The third-order valence-corrected chi connectivity index (χ3v) is 4.90. The third kappa shape index (κ3) is 3.34. The molecule has 0 fully saturated rings. The largest absolute Gasteiger partial charge is 0.451 e. The van der Waals surface area contributed by atoms with Gasteiger partial charge in [-0.1, -0.05) is 11.6 Å². The number of amides is 1. The van der Waals surface area contributed by atoms with Crippen LogP contribution in [0.3, 0.4) is 0 Å². The first-order valence-corrected chi connectivity index (χ1v) is 9.01. The van der Waals surface area contributed by atoms with Crippen LogP contribution in [0, 0.1) is 5.92 Å². The summed E-state index contributed by atoms with van der Waals surface area (Å²) in [5.41, 5.74) is 1.71. The van der Waals surface area contributed by atoms with E-state index in [2.05, 4.69) is 10.00 Å². The van der Waals surface area contributed by atoms with E-state index in [4.69, 9.17) is 16.0 Å². The summed E-state index contributed by atoms with van der Waals surface area (Å²) in [6, 6.07) is 9.10.